The molecular weight excluding hydrogens is 218 g/mol. The average Bonchev–Trinajstić information content (AvgIpc) is 2.56. The third-order valence-electron chi connectivity index (χ3n) is 3.15. The van der Waals surface area contributed by atoms with Crippen molar-refractivity contribution in [2.45, 2.75) is 46.6 Å². The Bertz CT molecular complexity index is 490. The molecule has 96 valence electrons. The van der Waals surface area contributed by atoms with Crippen LogP contribution in [-0.2, 0) is 0 Å². The van der Waals surface area contributed by atoms with Crippen molar-refractivity contribution in [3.8, 4) is 0 Å². The molecule has 0 radical (unpaired) electrons. The quantitative estimate of drug-likeness (QED) is 0.634. The van der Waals surface area contributed by atoms with Gasteiger partial charge < -0.3 is 0 Å². The summed E-state index contributed by atoms with van der Waals surface area (Å²) in [7, 11) is 0. The van der Waals surface area contributed by atoms with E-state index in [9.17, 15) is 0 Å². The molecule has 18 heavy (non-hydrogen) atoms. The van der Waals surface area contributed by atoms with E-state index in [4.69, 9.17) is 4.99 Å². The van der Waals surface area contributed by atoms with E-state index in [1.54, 1.807) is 0 Å². The van der Waals surface area contributed by atoms with Crippen LogP contribution in [0.1, 0.15) is 41.0 Å². The van der Waals surface area contributed by atoms with Crippen LogP contribution in [0.4, 0.5) is 0 Å². The molecule has 0 bridgehead atoms. The lowest BCUT2D eigenvalue weighted by atomic mass is 9.91. The summed E-state index contributed by atoms with van der Waals surface area (Å²) >= 11 is 0. The van der Waals surface area contributed by atoms with E-state index in [1.165, 1.54) is 22.4 Å². The molecule has 0 aromatic heterocycles. The minimum absolute atomic E-state index is 0.0119. The lowest BCUT2D eigenvalue weighted by Crippen LogP contribution is -2.17. The minimum Gasteiger partial charge on any atom is -0.283 e. The Kier molecular flexibility index (Phi) is 3.43. The van der Waals surface area contributed by atoms with Crippen molar-refractivity contribution < 1.29 is 0 Å². The highest BCUT2D eigenvalue weighted by Gasteiger charge is 2.21. The summed E-state index contributed by atoms with van der Waals surface area (Å²) in [6, 6.07) is 0. The molecule has 2 aliphatic carbocycles. The van der Waals surface area contributed by atoms with Gasteiger partial charge in [0.05, 0.1) is 5.54 Å². The molecule has 0 heterocycles. The summed E-state index contributed by atoms with van der Waals surface area (Å²) in [5, 5.41) is 0. The second kappa shape index (κ2) is 4.72. The number of allylic oxidation sites excluding steroid dienone is 8. The number of nitrogens with zero attached hydrogens (tertiary/aromatic N) is 1. The Morgan fingerprint density at radius 2 is 1.89 bits per heavy atom. The van der Waals surface area contributed by atoms with Crippen molar-refractivity contribution in [3.05, 3.63) is 47.1 Å². The number of hydrogen-bond donors (Lipinski definition) is 0. The van der Waals surface area contributed by atoms with Gasteiger partial charge in [-0.05, 0) is 44.8 Å². The standard InChI is InChI=1S/C17H23N/c1-12-10-13(2)15(11-12)14-8-6-7-9-16(14)18-17(3,4)5/h6-8,10-12H,9H2,1-5H3. The predicted octanol–water partition coefficient (Wildman–Crippen LogP) is 4.63. The summed E-state index contributed by atoms with van der Waals surface area (Å²) in [4.78, 5) is 4.88. The van der Waals surface area contributed by atoms with Crippen LogP contribution in [0, 0.1) is 5.92 Å². The normalized spacial score (nSPS) is 26.2. The van der Waals surface area contributed by atoms with Crippen LogP contribution in [0.25, 0.3) is 0 Å². The zero-order chi connectivity index (χ0) is 13.3. The molecule has 2 aliphatic rings. The fourth-order valence-electron chi connectivity index (χ4n) is 2.53. The molecular formula is C17H23N. The van der Waals surface area contributed by atoms with E-state index in [0.717, 1.165) is 6.42 Å². The van der Waals surface area contributed by atoms with Crippen LogP contribution < -0.4 is 0 Å². The van der Waals surface area contributed by atoms with E-state index in [2.05, 4.69) is 65.0 Å². The van der Waals surface area contributed by atoms with Crippen molar-refractivity contribution in [2.75, 3.05) is 0 Å². The van der Waals surface area contributed by atoms with Gasteiger partial charge in [-0.2, -0.15) is 0 Å². The van der Waals surface area contributed by atoms with E-state index in [1.807, 2.05) is 0 Å². The van der Waals surface area contributed by atoms with Crippen molar-refractivity contribution in [1.29, 1.82) is 0 Å². The lowest BCUT2D eigenvalue weighted by Gasteiger charge is -2.20. The average molecular weight is 241 g/mol. The molecule has 0 saturated carbocycles. The molecule has 2 rings (SSSR count). The Balaban J connectivity index is 2.39. The first kappa shape index (κ1) is 13.1. The fourth-order valence-corrected chi connectivity index (χ4v) is 2.53. The largest absolute Gasteiger partial charge is 0.283 e. The molecule has 0 amide bonds. The molecule has 1 nitrogen and oxygen atoms in total. The maximum atomic E-state index is 4.88. The smallest absolute Gasteiger partial charge is 0.0527 e. The number of aliphatic imine (C=N–C) groups is 1. The Morgan fingerprint density at radius 1 is 1.17 bits per heavy atom. The maximum absolute atomic E-state index is 4.88. The van der Waals surface area contributed by atoms with Crippen molar-refractivity contribution in [2.24, 2.45) is 10.9 Å². The molecule has 0 N–H and O–H groups in total. The van der Waals surface area contributed by atoms with Gasteiger partial charge >= 0.3 is 0 Å². The summed E-state index contributed by atoms with van der Waals surface area (Å²) in [6.07, 6.45) is 12.2. The molecule has 1 unspecified atom stereocenters. The zero-order valence-corrected chi connectivity index (χ0v) is 12.1. The Hall–Kier alpha value is -1.37. The van der Waals surface area contributed by atoms with E-state index in [0.29, 0.717) is 5.92 Å². The SMILES string of the molecule is CC1=CC(C)C=C1C1=CC=CCC1=NC(C)(C)C. The fraction of sp³-hybridized carbons (Fsp3) is 0.471. The molecule has 0 aliphatic heterocycles. The second-order valence-corrected chi connectivity index (χ2v) is 6.23. The first-order chi connectivity index (χ1) is 8.37. The summed E-state index contributed by atoms with van der Waals surface area (Å²) in [6.45, 7) is 10.9. The van der Waals surface area contributed by atoms with Crippen LogP contribution >= 0.6 is 0 Å². The first-order valence-corrected chi connectivity index (χ1v) is 6.74. The maximum Gasteiger partial charge on any atom is 0.0527 e. The topological polar surface area (TPSA) is 12.4 Å². The summed E-state index contributed by atoms with van der Waals surface area (Å²) in [5.74, 6) is 0.544. The van der Waals surface area contributed by atoms with Crippen LogP contribution in [0.3, 0.4) is 0 Å². The number of rotatable bonds is 1. The summed E-state index contributed by atoms with van der Waals surface area (Å²) in [5.41, 5.74) is 5.27. The molecule has 0 saturated heterocycles. The van der Waals surface area contributed by atoms with Gasteiger partial charge in [-0.1, -0.05) is 37.3 Å². The number of hydrogen-bond acceptors (Lipinski definition) is 1. The van der Waals surface area contributed by atoms with Crippen molar-refractivity contribution in [3.63, 3.8) is 0 Å². The van der Waals surface area contributed by atoms with Gasteiger partial charge in [-0.15, -0.1) is 0 Å². The molecule has 0 aromatic carbocycles. The monoisotopic (exact) mass is 241 g/mol. The zero-order valence-electron chi connectivity index (χ0n) is 12.1. The van der Waals surface area contributed by atoms with Gasteiger partial charge in [0.15, 0.2) is 0 Å². The Labute approximate surface area is 111 Å². The van der Waals surface area contributed by atoms with E-state index in [-0.39, 0.29) is 5.54 Å². The molecule has 1 heteroatoms. The summed E-state index contributed by atoms with van der Waals surface area (Å²) < 4.78 is 0. The van der Waals surface area contributed by atoms with Gasteiger partial charge in [0.25, 0.3) is 0 Å². The Morgan fingerprint density at radius 3 is 2.44 bits per heavy atom. The van der Waals surface area contributed by atoms with Crippen LogP contribution in [-0.4, -0.2) is 11.3 Å². The molecule has 0 spiro atoms. The first-order valence-electron chi connectivity index (χ1n) is 6.74. The van der Waals surface area contributed by atoms with Crippen LogP contribution in [0.15, 0.2) is 52.1 Å². The van der Waals surface area contributed by atoms with Gasteiger partial charge in [-0.3, -0.25) is 4.99 Å². The van der Waals surface area contributed by atoms with E-state index >= 15 is 0 Å². The van der Waals surface area contributed by atoms with Crippen LogP contribution in [0.2, 0.25) is 0 Å². The van der Waals surface area contributed by atoms with Crippen molar-refractivity contribution in [1.82, 2.24) is 0 Å². The van der Waals surface area contributed by atoms with Gasteiger partial charge in [-0.25, -0.2) is 0 Å². The van der Waals surface area contributed by atoms with Gasteiger partial charge in [0.1, 0.15) is 0 Å². The minimum atomic E-state index is -0.0119. The molecule has 1 atom stereocenters. The third-order valence-corrected chi connectivity index (χ3v) is 3.15. The second-order valence-electron chi connectivity index (χ2n) is 6.23. The van der Waals surface area contributed by atoms with Crippen LogP contribution in [0.5, 0.6) is 0 Å². The predicted molar refractivity (Wildman–Crippen MR) is 80.0 cm³/mol. The third kappa shape index (κ3) is 2.90. The highest BCUT2D eigenvalue weighted by atomic mass is 14.8. The molecule has 0 fully saturated rings. The van der Waals surface area contributed by atoms with Gasteiger partial charge in [0.2, 0.25) is 0 Å². The molecule has 0 aromatic rings. The highest BCUT2D eigenvalue weighted by molar-refractivity contribution is 6.07. The van der Waals surface area contributed by atoms with Gasteiger partial charge in [0, 0.05) is 17.7 Å². The lowest BCUT2D eigenvalue weighted by molar-refractivity contribution is 0.583. The van der Waals surface area contributed by atoms with E-state index < -0.39 is 0 Å². The highest BCUT2D eigenvalue weighted by Crippen LogP contribution is 2.32. The van der Waals surface area contributed by atoms with Crippen molar-refractivity contribution >= 4 is 5.71 Å².